The van der Waals surface area contributed by atoms with Gasteiger partial charge in [-0.05, 0) is 44.0 Å². The fourth-order valence-electron chi connectivity index (χ4n) is 3.63. The average Bonchev–Trinajstić information content (AvgIpc) is 3.37. The number of Topliss-reactive ketones (excluding diaryl/α,β-unsaturated/α-hetero) is 1. The molecule has 0 fully saturated rings. The summed E-state index contributed by atoms with van der Waals surface area (Å²) < 4.78 is 5.84. The molecule has 0 radical (unpaired) electrons. The van der Waals surface area contributed by atoms with Gasteiger partial charge in [0.05, 0.1) is 28.5 Å². The molecule has 0 aliphatic heterocycles. The monoisotopic (exact) mass is 455 g/mol. The SMILES string of the molecule is CCOC(C)c1c(CC(=O)Cc2ccc(-n3nccn3)c(Cl)c2)cnc2sc(C)nc12. The van der Waals surface area contributed by atoms with E-state index in [1.807, 2.05) is 32.9 Å². The number of carbonyl (C=O) groups is 1. The van der Waals surface area contributed by atoms with E-state index in [2.05, 4.69) is 20.2 Å². The molecule has 4 aromatic rings. The Kier molecular flexibility index (Phi) is 6.41. The molecule has 3 heterocycles. The molecule has 0 saturated heterocycles. The number of carbonyl (C=O) groups excluding carboxylic acids is 1. The summed E-state index contributed by atoms with van der Waals surface area (Å²) in [7, 11) is 0. The molecule has 0 spiro atoms. The van der Waals surface area contributed by atoms with Crippen LogP contribution in [-0.2, 0) is 22.4 Å². The number of pyridine rings is 1. The lowest BCUT2D eigenvalue weighted by atomic mass is 9.97. The first kappa shape index (κ1) is 21.5. The third kappa shape index (κ3) is 4.66. The predicted molar refractivity (Wildman–Crippen MR) is 121 cm³/mol. The van der Waals surface area contributed by atoms with Crippen LogP contribution in [0.4, 0.5) is 0 Å². The van der Waals surface area contributed by atoms with Crippen molar-refractivity contribution in [2.75, 3.05) is 6.61 Å². The highest BCUT2D eigenvalue weighted by molar-refractivity contribution is 7.18. The number of benzene rings is 1. The second-order valence-corrected chi connectivity index (χ2v) is 8.77. The number of ketones is 1. The number of hydrogen-bond acceptors (Lipinski definition) is 7. The van der Waals surface area contributed by atoms with Gasteiger partial charge in [0.2, 0.25) is 0 Å². The van der Waals surface area contributed by atoms with Gasteiger partial charge in [0.15, 0.2) is 0 Å². The number of fused-ring (bicyclic) bond motifs is 1. The van der Waals surface area contributed by atoms with Gasteiger partial charge in [-0.3, -0.25) is 4.79 Å². The Balaban J connectivity index is 1.57. The number of hydrogen-bond donors (Lipinski definition) is 0. The van der Waals surface area contributed by atoms with Crippen LogP contribution < -0.4 is 0 Å². The Hall–Kier alpha value is -2.68. The number of nitrogens with zero attached hydrogens (tertiary/aromatic N) is 5. The first-order valence-corrected chi connectivity index (χ1v) is 11.2. The molecule has 1 aromatic carbocycles. The molecule has 0 N–H and O–H groups in total. The fraction of sp³-hybridized carbons (Fsp3) is 0.318. The zero-order valence-corrected chi connectivity index (χ0v) is 19.1. The summed E-state index contributed by atoms with van der Waals surface area (Å²) in [5.41, 5.74) is 4.14. The van der Waals surface area contributed by atoms with Crippen molar-refractivity contribution in [3.05, 3.63) is 63.5 Å². The Morgan fingerprint density at radius 2 is 2.03 bits per heavy atom. The lowest BCUT2D eigenvalue weighted by Gasteiger charge is -2.16. The average molecular weight is 456 g/mol. The zero-order valence-electron chi connectivity index (χ0n) is 17.5. The van der Waals surface area contributed by atoms with Crippen molar-refractivity contribution in [1.29, 1.82) is 0 Å². The normalized spacial score (nSPS) is 12.4. The fourth-order valence-corrected chi connectivity index (χ4v) is 4.68. The topological polar surface area (TPSA) is 82.8 Å². The molecule has 4 rings (SSSR count). The van der Waals surface area contributed by atoms with E-state index < -0.39 is 0 Å². The van der Waals surface area contributed by atoms with Crippen molar-refractivity contribution in [2.24, 2.45) is 0 Å². The molecule has 1 atom stereocenters. The van der Waals surface area contributed by atoms with Crippen LogP contribution in [0.25, 0.3) is 16.0 Å². The maximum Gasteiger partial charge on any atom is 0.143 e. The first-order chi connectivity index (χ1) is 15.0. The Labute approximate surface area is 189 Å². The number of halogens is 1. The molecular weight excluding hydrogens is 434 g/mol. The summed E-state index contributed by atoms with van der Waals surface area (Å²) in [5, 5.41) is 9.62. The van der Waals surface area contributed by atoms with Crippen LogP contribution >= 0.6 is 22.9 Å². The minimum absolute atomic E-state index is 0.0686. The molecule has 9 heteroatoms. The van der Waals surface area contributed by atoms with Gasteiger partial charge in [-0.15, -0.1) is 0 Å². The van der Waals surface area contributed by atoms with Gasteiger partial charge in [0.1, 0.15) is 21.8 Å². The second-order valence-electron chi connectivity index (χ2n) is 7.18. The van der Waals surface area contributed by atoms with Gasteiger partial charge in [-0.1, -0.05) is 29.0 Å². The Morgan fingerprint density at radius 3 is 2.74 bits per heavy atom. The van der Waals surface area contributed by atoms with Gasteiger partial charge in [0, 0.05) is 31.2 Å². The number of ether oxygens (including phenoxy) is 1. The van der Waals surface area contributed by atoms with E-state index in [1.54, 1.807) is 36.0 Å². The quantitative estimate of drug-likeness (QED) is 0.383. The van der Waals surface area contributed by atoms with Gasteiger partial charge >= 0.3 is 0 Å². The van der Waals surface area contributed by atoms with Gasteiger partial charge < -0.3 is 4.74 Å². The van der Waals surface area contributed by atoms with E-state index in [9.17, 15) is 4.79 Å². The van der Waals surface area contributed by atoms with Crippen LogP contribution in [0.3, 0.4) is 0 Å². The molecule has 0 saturated carbocycles. The highest BCUT2D eigenvalue weighted by atomic mass is 35.5. The van der Waals surface area contributed by atoms with Crippen LogP contribution in [-0.4, -0.2) is 37.4 Å². The van der Waals surface area contributed by atoms with Crippen molar-refractivity contribution in [3.63, 3.8) is 0 Å². The van der Waals surface area contributed by atoms with E-state index in [0.717, 1.165) is 32.0 Å². The largest absolute Gasteiger partial charge is 0.374 e. The molecular formula is C22H22ClN5O2S. The minimum atomic E-state index is -0.171. The summed E-state index contributed by atoms with van der Waals surface area (Å²) in [6.45, 7) is 6.48. The lowest BCUT2D eigenvalue weighted by molar-refractivity contribution is -0.117. The van der Waals surface area contributed by atoms with Crippen LogP contribution in [0.1, 0.15) is 41.6 Å². The number of rotatable bonds is 8. The van der Waals surface area contributed by atoms with Crippen LogP contribution in [0.15, 0.2) is 36.8 Å². The molecule has 3 aromatic heterocycles. The molecule has 0 aliphatic carbocycles. The van der Waals surface area contributed by atoms with Crippen LogP contribution in [0, 0.1) is 6.92 Å². The summed E-state index contributed by atoms with van der Waals surface area (Å²) in [5.74, 6) is 0.0686. The number of aromatic nitrogens is 5. The van der Waals surface area contributed by atoms with E-state index in [4.69, 9.17) is 16.3 Å². The maximum atomic E-state index is 12.9. The third-order valence-electron chi connectivity index (χ3n) is 4.91. The minimum Gasteiger partial charge on any atom is -0.374 e. The molecule has 0 amide bonds. The third-order valence-corrected chi connectivity index (χ3v) is 6.09. The second kappa shape index (κ2) is 9.21. The first-order valence-electron chi connectivity index (χ1n) is 9.99. The standard InChI is InChI=1S/C22H22ClN5O2S/c1-4-30-13(2)20-16(12-24-22-21(20)27-14(3)31-22)11-17(29)9-15-5-6-19(18(23)10-15)28-25-7-8-26-28/h5-8,10,12-13H,4,9,11H2,1-3H3. The van der Waals surface area contributed by atoms with Crippen LogP contribution in [0.5, 0.6) is 0 Å². The van der Waals surface area contributed by atoms with E-state index >= 15 is 0 Å². The maximum absolute atomic E-state index is 12.9. The van der Waals surface area contributed by atoms with E-state index in [-0.39, 0.29) is 24.7 Å². The molecule has 31 heavy (non-hydrogen) atoms. The van der Waals surface area contributed by atoms with Gasteiger partial charge in [-0.2, -0.15) is 15.0 Å². The summed E-state index contributed by atoms with van der Waals surface area (Å²) in [6, 6.07) is 5.48. The summed E-state index contributed by atoms with van der Waals surface area (Å²) in [4.78, 5) is 24.4. The van der Waals surface area contributed by atoms with Gasteiger partial charge in [0.25, 0.3) is 0 Å². The molecule has 1 unspecified atom stereocenters. The van der Waals surface area contributed by atoms with Crippen molar-refractivity contribution in [3.8, 4) is 5.69 Å². The number of thiazole rings is 1. The highest BCUT2D eigenvalue weighted by Crippen LogP contribution is 2.32. The molecule has 7 nitrogen and oxygen atoms in total. The van der Waals surface area contributed by atoms with Crippen molar-refractivity contribution in [2.45, 2.75) is 39.7 Å². The summed E-state index contributed by atoms with van der Waals surface area (Å²) >= 11 is 7.93. The molecule has 0 bridgehead atoms. The van der Waals surface area contributed by atoms with Crippen molar-refractivity contribution >= 4 is 39.1 Å². The smallest absolute Gasteiger partial charge is 0.143 e. The van der Waals surface area contributed by atoms with Crippen molar-refractivity contribution in [1.82, 2.24) is 25.0 Å². The van der Waals surface area contributed by atoms with Crippen LogP contribution in [0.2, 0.25) is 5.02 Å². The van der Waals surface area contributed by atoms with E-state index in [0.29, 0.717) is 17.3 Å². The summed E-state index contributed by atoms with van der Waals surface area (Å²) in [6.07, 6.45) is 5.31. The lowest BCUT2D eigenvalue weighted by Crippen LogP contribution is -2.12. The Bertz CT molecular complexity index is 1220. The molecule has 160 valence electrons. The van der Waals surface area contributed by atoms with Gasteiger partial charge in [-0.25, -0.2) is 9.97 Å². The van der Waals surface area contributed by atoms with E-state index in [1.165, 1.54) is 4.80 Å². The molecule has 0 aliphatic rings. The number of aryl methyl sites for hydroxylation is 1. The van der Waals surface area contributed by atoms with Crippen molar-refractivity contribution < 1.29 is 9.53 Å². The highest BCUT2D eigenvalue weighted by Gasteiger charge is 2.20. The Morgan fingerprint density at radius 1 is 1.26 bits per heavy atom. The zero-order chi connectivity index (χ0) is 22.0. The predicted octanol–water partition coefficient (Wildman–Crippen LogP) is 4.69.